The van der Waals surface area contributed by atoms with Crippen molar-refractivity contribution in [3.05, 3.63) is 22.7 Å². The van der Waals surface area contributed by atoms with Crippen LogP contribution in [0.1, 0.15) is 24.0 Å². The van der Waals surface area contributed by atoms with E-state index in [9.17, 15) is 33.9 Å². The zero-order chi connectivity index (χ0) is 34.7. The number of aromatic nitrogens is 2. The standard InChI is InChI=1S/C14H26N4O11P2/c1-18(2,3)6-7-26-30(22,23)29-31(24,25)27-8-9-11(19)12(20)13(28-9)17-5-4-10(15)16-14(17)21/h4-5,9,11-13,19-20H,6-8H2,1-3H3,(H3-,15,16,21,22,23,24,25)/p+1/t9-,11-,12-,13-/m1/s1/i1D3,2D3,3D3,6D2,7+1D2. The van der Waals surface area contributed by atoms with Gasteiger partial charge >= 0.3 is 21.3 Å². The summed E-state index contributed by atoms with van der Waals surface area (Å²) in [6.07, 6.45) is -6.18. The lowest BCUT2D eigenvalue weighted by atomic mass is 10.1. The van der Waals surface area contributed by atoms with E-state index in [-0.39, 0.29) is 5.82 Å². The summed E-state index contributed by atoms with van der Waals surface area (Å²) in [5, 5.41) is 20.4. The van der Waals surface area contributed by atoms with Gasteiger partial charge in [-0.05, 0) is 6.07 Å². The molecule has 0 radical (unpaired) electrons. The van der Waals surface area contributed by atoms with Crippen LogP contribution in [0.4, 0.5) is 5.82 Å². The Morgan fingerprint density at radius 2 is 1.94 bits per heavy atom. The molecule has 0 spiro atoms. The van der Waals surface area contributed by atoms with Crippen LogP contribution in [0.15, 0.2) is 17.1 Å². The van der Waals surface area contributed by atoms with Gasteiger partial charge in [-0.15, -0.1) is 0 Å². The van der Waals surface area contributed by atoms with Crippen LogP contribution in [-0.2, 0) is 27.2 Å². The highest BCUT2D eigenvalue weighted by Gasteiger charge is 2.46. The summed E-state index contributed by atoms with van der Waals surface area (Å²) in [6, 6.07) is 1.13. The van der Waals surface area contributed by atoms with Crippen molar-refractivity contribution in [3.8, 4) is 0 Å². The first-order valence-electron chi connectivity index (χ1n) is 14.3. The summed E-state index contributed by atoms with van der Waals surface area (Å²) >= 11 is 0. The predicted molar refractivity (Wildman–Crippen MR) is 104 cm³/mol. The molecular formula is C14H27N4O11P2+. The van der Waals surface area contributed by atoms with Crippen molar-refractivity contribution >= 4 is 21.5 Å². The van der Waals surface area contributed by atoms with Gasteiger partial charge in [-0.3, -0.25) is 13.6 Å². The Morgan fingerprint density at radius 3 is 2.55 bits per heavy atom. The smallest absolute Gasteiger partial charge is 0.387 e. The second-order valence-corrected chi connectivity index (χ2v) is 8.85. The van der Waals surface area contributed by atoms with Crippen LogP contribution < -0.4 is 11.4 Å². The van der Waals surface area contributed by atoms with E-state index in [4.69, 9.17) is 28.3 Å². The molecule has 15 nitrogen and oxygen atoms in total. The third-order valence-corrected chi connectivity index (χ3v) is 5.89. The van der Waals surface area contributed by atoms with Crippen LogP contribution in [-0.4, -0.2) is 92.9 Å². The Balaban J connectivity index is 2.29. The van der Waals surface area contributed by atoms with E-state index < -0.39 is 90.9 Å². The Labute approximate surface area is 195 Å². The summed E-state index contributed by atoms with van der Waals surface area (Å²) in [7, 11) is -12.4. The molecule has 1 fully saturated rings. The molecule has 0 aromatic carbocycles. The normalized spacial score (nSPS) is 36.6. The fraction of sp³-hybridized carbons (Fsp3) is 0.714. The lowest BCUT2D eigenvalue weighted by Crippen LogP contribution is -2.37. The van der Waals surface area contributed by atoms with E-state index in [2.05, 4.69) is 18.3 Å². The summed E-state index contributed by atoms with van der Waals surface area (Å²) in [6.45, 7) is -23.9. The number of rotatable bonds is 10. The molecule has 0 aliphatic carbocycles. The summed E-state index contributed by atoms with van der Waals surface area (Å²) in [5.41, 5.74) is 4.32. The highest BCUT2D eigenvalue weighted by molar-refractivity contribution is 7.61. The molecule has 1 saturated heterocycles. The van der Waals surface area contributed by atoms with Gasteiger partial charge in [0.05, 0.1) is 45.4 Å². The van der Waals surface area contributed by atoms with Crippen LogP contribution in [0, 0.1) is 0 Å². The second kappa shape index (κ2) is 9.73. The Hall–Kier alpha value is -1.22. The van der Waals surface area contributed by atoms with Gasteiger partial charge in [0.15, 0.2) is 6.23 Å². The molecule has 0 saturated carbocycles. The van der Waals surface area contributed by atoms with E-state index in [0.717, 1.165) is 12.3 Å². The number of aliphatic hydroxyl groups is 2. The summed E-state index contributed by atoms with van der Waals surface area (Å²) < 4.78 is 138. The Morgan fingerprint density at radius 1 is 1.29 bits per heavy atom. The minimum Gasteiger partial charge on any atom is -0.387 e. The van der Waals surface area contributed by atoms with Gasteiger partial charge in [-0.2, -0.15) is 9.29 Å². The molecule has 17 heteroatoms. The highest BCUT2D eigenvalue weighted by Crippen LogP contribution is 2.60. The van der Waals surface area contributed by atoms with Crippen LogP contribution >= 0.6 is 15.6 Å². The molecule has 1 aliphatic heterocycles. The van der Waals surface area contributed by atoms with Crippen LogP contribution in [0.3, 0.4) is 0 Å². The molecule has 2 heterocycles. The van der Waals surface area contributed by atoms with Gasteiger partial charge in [-0.1, -0.05) is 0 Å². The number of aliphatic hydroxyl groups excluding tert-OH is 2. The van der Waals surface area contributed by atoms with Gasteiger partial charge in [0.1, 0.15) is 37.2 Å². The number of ether oxygens (including phenoxy) is 1. The van der Waals surface area contributed by atoms with Gasteiger partial charge in [0, 0.05) is 6.20 Å². The monoisotopic (exact) mass is 503 g/mol. The number of nitrogens with zero attached hydrogens (tertiary/aromatic N) is 3. The lowest BCUT2D eigenvalue weighted by Gasteiger charge is -2.24. The molecule has 1 aliphatic rings. The zero-order valence-corrected chi connectivity index (χ0v) is 16.9. The third-order valence-electron chi connectivity index (χ3n) is 3.45. The largest absolute Gasteiger partial charge is 0.481 e. The zero-order valence-electron chi connectivity index (χ0n) is 28.1. The molecule has 0 bridgehead atoms. The molecule has 178 valence electrons. The first-order valence-corrected chi connectivity index (χ1v) is 10.8. The number of likely N-dealkylation sites (N-methyl/N-ethyl adjacent to an activating group) is 1. The van der Waals surface area contributed by atoms with Gasteiger partial charge in [0.25, 0.3) is 0 Å². The first kappa shape index (κ1) is 12.9. The minimum atomic E-state index is -6.45. The Bertz CT molecular complexity index is 1340. The van der Waals surface area contributed by atoms with Crippen molar-refractivity contribution in [1.29, 1.82) is 0 Å². The van der Waals surface area contributed by atoms with Crippen molar-refractivity contribution < 1.29 is 69.5 Å². The average Bonchev–Trinajstić information content (AvgIpc) is 3.01. The average molecular weight is 503 g/mol. The predicted octanol–water partition coefficient (Wildman–Crippen LogP) is -1.60. The molecule has 31 heavy (non-hydrogen) atoms. The number of anilines is 1. The number of hydrogen-bond acceptors (Lipinski definition) is 11. The lowest BCUT2D eigenvalue weighted by molar-refractivity contribution is -0.870. The van der Waals surface area contributed by atoms with Crippen LogP contribution in [0.5, 0.6) is 0 Å². The van der Waals surface area contributed by atoms with E-state index in [1.807, 2.05) is 0 Å². The molecule has 2 rings (SSSR count). The van der Waals surface area contributed by atoms with Gasteiger partial charge in [0.2, 0.25) is 0 Å². The van der Waals surface area contributed by atoms with Crippen molar-refractivity contribution in [2.45, 2.75) is 24.5 Å². The molecule has 6 atom stereocenters. The maximum atomic E-state index is 12.5. The van der Waals surface area contributed by atoms with Crippen molar-refractivity contribution in [2.75, 3.05) is 46.3 Å². The second-order valence-electron chi connectivity index (χ2n) is 5.88. The van der Waals surface area contributed by atoms with Crippen molar-refractivity contribution in [2.24, 2.45) is 0 Å². The van der Waals surface area contributed by atoms with Crippen LogP contribution in [0.2, 0.25) is 0 Å². The molecule has 2 unspecified atom stereocenters. The number of quaternary nitrogens is 1. The van der Waals surface area contributed by atoms with E-state index >= 15 is 0 Å². The maximum Gasteiger partial charge on any atom is 0.481 e. The van der Waals surface area contributed by atoms with Crippen molar-refractivity contribution in [3.63, 3.8) is 0 Å². The first-order chi connectivity index (χ1) is 19.4. The number of nitrogen functional groups attached to an aromatic ring is 1. The summed E-state index contributed by atoms with van der Waals surface area (Å²) in [4.78, 5) is 35.2. The molecule has 0 amide bonds. The number of phosphoric acid groups is 2. The van der Waals surface area contributed by atoms with Crippen LogP contribution in [0.25, 0.3) is 0 Å². The fourth-order valence-corrected chi connectivity index (χ4v) is 4.06. The number of nitrogens with two attached hydrogens (primary N) is 1. The highest BCUT2D eigenvalue weighted by atomic mass is 31.3. The fourth-order valence-electron chi connectivity index (χ4n) is 2.20. The van der Waals surface area contributed by atoms with Crippen molar-refractivity contribution in [1.82, 2.24) is 9.55 Å². The molecule has 1 aromatic heterocycles. The summed E-state index contributed by atoms with van der Waals surface area (Å²) in [5.74, 6) is -0.203. The van der Waals surface area contributed by atoms with E-state index in [1.54, 1.807) is 0 Å². The molecular weight excluding hydrogens is 463 g/mol. The van der Waals surface area contributed by atoms with E-state index in [1.165, 1.54) is 0 Å². The van der Waals surface area contributed by atoms with E-state index in [0.29, 0.717) is 4.57 Å². The number of hydrogen-bond donors (Lipinski definition) is 5. The minimum absolute atomic E-state index is 0.203. The molecule has 6 N–H and O–H groups in total. The van der Waals surface area contributed by atoms with Gasteiger partial charge in [-0.25, -0.2) is 13.9 Å². The van der Waals surface area contributed by atoms with Gasteiger partial charge < -0.3 is 35.0 Å². The number of phosphoric ester groups is 2. The maximum absolute atomic E-state index is 12.5. The quantitative estimate of drug-likeness (QED) is 0.138. The third kappa shape index (κ3) is 7.70. The Kier molecular flexibility index (Phi) is 4.04. The SMILES string of the molecule is [2H]C([2H])([2H])[N+](C([2H])([2H])[2H])(C([2H])([2H])[2H])C([2H])([2H])[13C]([2H])([2H])OP(=O)(O)OP(=O)(O)OC[C@H]1O[C@@H](n2ccc(N)nc2=O)[C@H](O)[C@@H]1O. The topological polar surface area (TPSA) is 213 Å². The molecule has 1 aromatic rings.